The summed E-state index contributed by atoms with van der Waals surface area (Å²) in [7, 11) is 0. The highest BCUT2D eigenvalue weighted by Crippen LogP contribution is 2.14. The van der Waals surface area contributed by atoms with Gasteiger partial charge in [0.25, 0.3) is 0 Å². The van der Waals surface area contributed by atoms with E-state index in [2.05, 4.69) is 0 Å². The summed E-state index contributed by atoms with van der Waals surface area (Å²) in [5.74, 6) is 0.474. The van der Waals surface area contributed by atoms with Gasteiger partial charge in [-0.3, -0.25) is 9.59 Å². The Labute approximate surface area is 111 Å². The summed E-state index contributed by atoms with van der Waals surface area (Å²) in [5, 5.41) is 0. The number of allylic oxidation sites excluding steroid dienone is 2. The molecule has 0 heterocycles. The van der Waals surface area contributed by atoms with Gasteiger partial charge in [-0.2, -0.15) is 0 Å². The van der Waals surface area contributed by atoms with Crippen molar-refractivity contribution in [2.45, 2.75) is 77.6 Å². The van der Waals surface area contributed by atoms with E-state index in [4.69, 9.17) is 0 Å². The van der Waals surface area contributed by atoms with Crippen molar-refractivity contribution in [3.8, 4) is 0 Å². The first-order chi connectivity index (χ1) is 8.68. The van der Waals surface area contributed by atoms with Crippen molar-refractivity contribution in [3.63, 3.8) is 0 Å². The molecule has 1 aliphatic rings. The quantitative estimate of drug-likeness (QED) is 0.639. The van der Waals surface area contributed by atoms with E-state index in [1.807, 2.05) is 6.92 Å². The monoisotopic (exact) mass is 250 g/mol. The first-order valence-electron chi connectivity index (χ1n) is 7.40. The molecule has 0 atom stereocenters. The van der Waals surface area contributed by atoms with Crippen molar-refractivity contribution in [1.29, 1.82) is 0 Å². The zero-order valence-electron chi connectivity index (χ0n) is 11.7. The van der Waals surface area contributed by atoms with Crippen molar-refractivity contribution in [1.82, 2.24) is 0 Å². The Morgan fingerprint density at radius 3 is 1.89 bits per heavy atom. The molecule has 2 heteroatoms. The number of ketones is 2. The van der Waals surface area contributed by atoms with Crippen LogP contribution >= 0.6 is 0 Å². The molecular weight excluding hydrogens is 224 g/mol. The van der Waals surface area contributed by atoms with E-state index >= 15 is 0 Å². The molecular formula is C16H26O2. The molecule has 0 aromatic carbocycles. The summed E-state index contributed by atoms with van der Waals surface area (Å²) in [6, 6.07) is 0. The fourth-order valence-corrected chi connectivity index (χ4v) is 2.48. The Kier molecular flexibility index (Phi) is 7.63. The number of carbonyl (C=O) groups is 2. The van der Waals surface area contributed by atoms with Crippen LogP contribution in [0.25, 0.3) is 0 Å². The molecule has 102 valence electrons. The van der Waals surface area contributed by atoms with Crippen molar-refractivity contribution in [2.75, 3.05) is 0 Å². The molecule has 0 aromatic rings. The number of hydrogen-bond donors (Lipinski definition) is 0. The molecule has 18 heavy (non-hydrogen) atoms. The molecule has 0 saturated carbocycles. The first kappa shape index (κ1) is 15.1. The molecule has 2 nitrogen and oxygen atoms in total. The normalized spacial score (nSPS) is 21.9. The van der Waals surface area contributed by atoms with E-state index in [1.165, 1.54) is 32.1 Å². The van der Waals surface area contributed by atoms with Crippen LogP contribution in [-0.2, 0) is 9.59 Å². The second-order valence-corrected chi connectivity index (χ2v) is 5.50. The second-order valence-electron chi connectivity index (χ2n) is 5.50. The third kappa shape index (κ3) is 7.41. The lowest BCUT2D eigenvalue weighted by molar-refractivity contribution is -0.118. The highest BCUT2D eigenvalue weighted by molar-refractivity contribution is 5.91. The fraction of sp³-hybridized carbons (Fsp3) is 0.750. The zero-order valence-corrected chi connectivity index (χ0v) is 11.7. The fourth-order valence-electron chi connectivity index (χ4n) is 2.48. The average molecular weight is 250 g/mol. The van der Waals surface area contributed by atoms with E-state index in [-0.39, 0.29) is 11.6 Å². The van der Waals surface area contributed by atoms with Gasteiger partial charge in [-0.1, -0.05) is 44.1 Å². The van der Waals surface area contributed by atoms with Gasteiger partial charge in [-0.25, -0.2) is 0 Å². The van der Waals surface area contributed by atoms with Crippen LogP contribution in [0.3, 0.4) is 0 Å². The number of hydrogen-bond acceptors (Lipinski definition) is 2. The predicted molar refractivity (Wildman–Crippen MR) is 74.6 cm³/mol. The molecule has 0 saturated heterocycles. The lowest BCUT2D eigenvalue weighted by Crippen LogP contribution is -2.00. The van der Waals surface area contributed by atoms with Crippen molar-refractivity contribution in [3.05, 3.63) is 11.6 Å². The molecule has 0 radical (unpaired) electrons. The summed E-state index contributed by atoms with van der Waals surface area (Å²) in [4.78, 5) is 23.3. The summed E-state index contributed by atoms with van der Waals surface area (Å²) >= 11 is 0. The van der Waals surface area contributed by atoms with Gasteiger partial charge in [0.05, 0.1) is 0 Å². The molecule has 0 spiro atoms. The van der Waals surface area contributed by atoms with Gasteiger partial charge in [0.15, 0.2) is 5.78 Å². The Morgan fingerprint density at radius 2 is 1.28 bits per heavy atom. The second kappa shape index (κ2) is 9.07. The van der Waals surface area contributed by atoms with Gasteiger partial charge in [-0.05, 0) is 25.8 Å². The van der Waals surface area contributed by atoms with Crippen LogP contribution in [0.15, 0.2) is 11.6 Å². The maximum atomic E-state index is 11.7. The van der Waals surface area contributed by atoms with Gasteiger partial charge in [0.1, 0.15) is 5.78 Å². The summed E-state index contributed by atoms with van der Waals surface area (Å²) in [6.07, 6.45) is 12.9. The Morgan fingerprint density at radius 1 is 0.778 bits per heavy atom. The van der Waals surface area contributed by atoms with E-state index in [0.717, 1.165) is 24.8 Å². The van der Waals surface area contributed by atoms with E-state index in [1.54, 1.807) is 6.08 Å². The molecule has 1 rings (SSSR count). The van der Waals surface area contributed by atoms with Gasteiger partial charge in [-0.15, -0.1) is 0 Å². The number of rotatable bonds is 0. The minimum absolute atomic E-state index is 0.190. The number of Topliss-reactive ketones (excluding diaryl/α,β-unsaturated/α-hetero) is 1. The van der Waals surface area contributed by atoms with Crippen LogP contribution in [0.5, 0.6) is 0 Å². The molecule has 0 aliphatic heterocycles. The summed E-state index contributed by atoms with van der Waals surface area (Å²) in [6.45, 7) is 1.90. The van der Waals surface area contributed by atoms with Crippen LogP contribution in [0.4, 0.5) is 0 Å². The Hall–Kier alpha value is -0.920. The molecule has 0 N–H and O–H groups in total. The zero-order chi connectivity index (χ0) is 13.2. The van der Waals surface area contributed by atoms with Crippen LogP contribution in [-0.4, -0.2) is 11.6 Å². The molecule has 0 fully saturated rings. The molecule has 0 amide bonds. The third-order valence-corrected chi connectivity index (χ3v) is 3.51. The largest absolute Gasteiger partial charge is 0.299 e. The van der Waals surface area contributed by atoms with Gasteiger partial charge in [0, 0.05) is 19.3 Å². The minimum Gasteiger partial charge on any atom is -0.299 e. The minimum atomic E-state index is 0.190. The van der Waals surface area contributed by atoms with Gasteiger partial charge in [0.2, 0.25) is 0 Å². The van der Waals surface area contributed by atoms with E-state index in [0.29, 0.717) is 19.3 Å². The van der Waals surface area contributed by atoms with Crippen molar-refractivity contribution >= 4 is 11.6 Å². The summed E-state index contributed by atoms with van der Waals surface area (Å²) in [5.41, 5.74) is 0.930. The van der Waals surface area contributed by atoms with Crippen molar-refractivity contribution in [2.24, 2.45) is 0 Å². The highest BCUT2D eigenvalue weighted by atomic mass is 16.1. The molecule has 1 aliphatic carbocycles. The predicted octanol–water partition coefficient (Wildman–Crippen LogP) is 4.38. The smallest absolute Gasteiger partial charge is 0.155 e. The Balaban J connectivity index is 2.46. The molecule has 0 bridgehead atoms. The standard InChI is InChI=1S/C16H26O2/c1-14-12-15(17)10-8-6-4-2-3-5-7-9-11-16(18)13-14/h12H,2-11,13H2,1H3. The van der Waals surface area contributed by atoms with E-state index < -0.39 is 0 Å². The van der Waals surface area contributed by atoms with Crippen LogP contribution in [0.1, 0.15) is 77.6 Å². The topological polar surface area (TPSA) is 34.1 Å². The van der Waals surface area contributed by atoms with Gasteiger partial charge < -0.3 is 0 Å². The molecule has 0 unspecified atom stereocenters. The SMILES string of the molecule is CC1=CC(=O)CCCCCCCCCCC(=O)C1. The highest BCUT2D eigenvalue weighted by Gasteiger charge is 2.06. The number of carbonyl (C=O) groups excluding carboxylic acids is 2. The van der Waals surface area contributed by atoms with Crippen LogP contribution in [0.2, 0.25) is 0 Å². The van der Waals surface area contributed by atoms with Crippen LogP contribution in [0, 0.1) is 0 Å². The summed E-state index contributed by atoms with van der Waals surface area (Å²) < 4.78 is 0. The Bertz CT molecular complexity index is 302. The lowest BCUT2D eigenvalue weighted by Gasteiger charge is -2.02. The van der Waals surface area contributed by atoms with Crippen LogP contribution < -0.4 is 0 Å². The first-order valence-corrected chi connectivity index (χ1v) is 7.40. The van der Waals surface area contributed by atoms with Gasteiger partial charge >= 0.3 is 0 Å². The lowest BCUT2D eigenvalue weighted by atomic mass is 10.0. The maximum absolute atomic E-state index is 11.7. The maximum Gasteiger partial charge on any atom is 0.155 e. The van der Waals surface area contributed by atoms with E-state index in [9.17, 15) is 9.59 Å². The third-order valence-electron chi connectivity index (χ3n) is 3.51. The molecule has 0 aromatic heterocycles. The van der Waals surface area contributed by atoms with Crippen molar-refractivity contribution < 1.29 is 9.59 Å². The average Bonchev–Trinajstić information content (AvgIpc) is 2.30.